The Balaban J connectivity index is 1.67. The monoisotopic (exact) mass is 465 g/mol. The summed E-state index contributed by atoms with van der Waals surface area (Å²) in [5, 5.41) is 3.32. The van der Waals surface area contributed by atoms with Crippen molar-refractivity contribution in [3.05, 3.63) is 112 Å². The third-order valence-corrected chi connectivity index (χ3v) is 6.56. The van der Waals surface area contributed by atoms with E-state index in [1.54, 1.807) is 12.1 Å². The van der Waals surface area contributed by atoms with Crippen LogP contribution in [-0.2, 0) is 13.0 Å². The van der Waals surface area contributed by atoms with Gasteiger partial charge in [0.05, 0.1) is 0 Å². The second-order valence-electron chi connectivity index (χ2n) is 8.51. The molecule has 0 aliphatic carbocycles. The fraction of sp³-hybridized carbons (Fsp3) is 0.286. The first-order valence-electron chi connectivity index (χ1n) is 11.4. The molecule has 3 N–H and O–H groups in total. The molecule has 0 saturated heterocycles. The van der Waals surface area contributed by atoms with Crippen LogP contribution < -0.4 is 5.32 Å². The van der Waals surface area contributed by atoms with Gasteiger partial charge >= 0.3 is 0 Å². The van der Waals surface area contributed by atoms with Crippen LogP contribution in [0.4, 0.5) is 4.39 Å². The van der Waals surface area contributed by atoms with E-state index in [1.807, 2.05) is 6.07 Å². The van der Waals surface area contributed by atoms with Crippen LogP contribution >= 0.6 is 8.38 Å². The van der Waals surface area contributed by atoms with E-state index in [4.69, 9.17) is 9.79 Å². The minimum Gasteiger partial charge on any atom is -0.350 e. The van der Waals surface area contributed by atoms with E-state index in [1.165, 1.54) is 28.3 Å². The Morgan fingerprint density at radius 1 is 0.939 bits per heavy atom. The van der Waals surface area contributed by atoms with Crippen molar-refractivity contribution in [1.29, 1.82) is 0 Å². The van der Waals surface area contributed by atoms with Gasteiger partial charge in [0, 0.05) is 18.6 Å². The Hall–Kier alpha value is -2.36. The molecular weight excluding hydrogens is 432 g/mol. The molecule has 174 valence electrons. The number of allylic oxidation sites excluding steroid dienone is 1. The third kappa shape index (κ3) is 8.49. The smallest absolute Gasteiger partial charge is 0.164 e. The van der Waals surface area contributed by atoms with Crippen molar-refractivity contribution in [3.8, 4) is 0 Å². The Kier molecular flexibility index (Phi) is 9.77. The summed E-state index contributed by atoms with van der Waals surface area (Å²) in [6, 6.07) is 21.8. The summed E-state index contributed by atoms with van der Waals surface area (Å²) in [7, 11) is -1.79. The molecule has 0 aliphatic rings. The fourth-order valence-electron chi connectivity index (χ4n) is 3.77. The predicted octanol–water partition coefficient (Wildman–Crippen LogP) is 6.26. The number of nitrogens with one attached hydrogen (secondary N) is 1. The lowest BCUT2D eigenvalue weighted by molar-refractivity contribution is 0.479. The van der Waals surface area contributed by atoms with Gasteiger partial charge in [-0.15, -0.1) is 0 Å². The zero-order chi connectivity index (χ0) is 23.6. The van der Waals surface area contributed by atoms with Gasteiger partial charge in [-0.3, -0.25) is 0 Å². The highest BCUT2D eigenvalue weighted by Crippen LogP contribution is 2.26. The zero-order valence-corrected chi connectivity index (χ0v) is 20.2. The lowest BCUT2D eigenvalue weighted by Crippen LogP contribution is -2.15. The summed E-state index contributed by atoms with van der Waals surface area (Å²) in [5.41, 5.74) is 7.05. The maximum atomic E-state index is 13.9. The van der Waals surface area contributed by atoms with Crippen molar-refractivity contribution in [3.63, 3.8) is 0 Å². The molecule has 0 saturated carbocycles. The van der Waals surface area contributed by atoms with Crippen LogP contribution in [0.1, 0.15) is 45.7 Å². The molecule has 0 fully saturated rings. The number of hydrogen-bond donors (Lipinski definition) is 3. The quantitative estimate of drug-likeness (QED) is 0.231. The maximum Gasteiger partial charge on any atom is 0.164 e. The number of halogens is 1. The van der Waals surface area contributed by atoms with Gasteiger partial charge in [0.2, 0.25) is 0 Å². The van der Waals surface area contributed by atoms with Crippen LogP contribution in [0.2, 0.25) is 0 Å². The number of benzene rings is 3. The summed E-state index contributed by atoms with van der Waals surface area (Å²) in [6.45, 7) is 5.74. The van der Waals surface area contributed by atoms with Crippen molar-refractivity contribution in [2.75, 3.05) is 12.7 Å². The van der Waals surface area contributed by atoms with Crippen molar-refractivity contribution in [1.82, 2.24) is 5.32 Å². The topological polar surface area (TPSA) is 52.5 Å². The summed E-state index contributed by atoms with van der Waals surface area (Å²) >= 11 is 0. The molecule has 0 spiro atoms. The SMILES string of the molecule is Cc1ccc(CC(/C=C/c2ccc(CNCCCP(O)O)cc2)c2cccc(F)c2)cc1C. The van der Waals surface area contributed by atoms with Gasteiger partial charge < -0.3 is 15.1 Å². The van der Waals surface area contributed by atoms with E-state index in [2.05, 4.69) is 73.8 Å². The molecule has 0 radical (unpaired) electrons. The molecule has 0 bridgehead atoms. The number of rotatable bonds is 11. The minimum absolute atomic E-state index is 0.0766. The van der Waals surface area contributed by atoms with Crippen LogP contribution in [0.25, 0.3) is 6.08 Å². The van der Waals surface area contributed by atoms with Crippen molar-refractivity contribution < 1.29 is 14.2 Å². The highest BCUT2D eigenvalue weighted by molar-refractivity contribution is 7.45. The second-order valence-corrected chi connectivity index (χ2v) is 9.70. The van der Waals surface area contributed by atoms with Gasteiger partial charge in [0.15, 0.2) is 8.38 Å². The first-order valence-corrected chi connectivity index (χ1v) is 12.8. The van der Waals surface area contributed by atoms with Gasteiger partial charge in [0.25, 0.3) is 0 Å². The normalized spacial score (nSPS) is 12.5. The predicted molar refractivity (Wildman–Crippen MR) is 137 cm³/mol. The van der Waals surface area contributed by atoms with Crippen LogP contribution in [0, 0.1) is 19.7 Å². The van der Waals surface area contributed by atoms with E-state index >= 15 is 0 Å². The van der Waals surface area contributed by atoms with E-state index in [9.17, 15) is 4.39 Å². The summed E-state index contributed by atoms with van der Waals surface area (Å²) in [5.74, 6) is -0.134. The molecule has 0 aromatic heterocycles. The minimum atomic E-state index is -1.79. The van der Waals surface area contributed by atoms with Crippen molar-refractivity contribution in [2.45, 2.75) is 39.2 Å². The molecular formula is C28H33FNO2P. The van der Waals surface area contributed by atoms with Gasteiger partial charge in [-0.2, -0.15) is 0 Å². The second kappa shape index (κ2) is 12.8. The Morgan fingerprint density at radius 2 is 1.70 bits per heavy atom. The molecule has 0 heterocycles. The molecule has 5 heteroatoms. The first kappa shape index (κ1) is 25.3. The molecule has 0 amide bonds. The highest BCUT2D eigenvalue weighted by atomic mass is 31.2. The summed E-state index contributed by atoms with van der Waals surface area (Å²) in [4.78, 5) is 17.9. The largest absolute Gasteiger partial charge is 0.350 e. The van der Waals surface area contributed by atoms with Crippen LogP contribution in [0.15, 0.2) is 72.8 Å². The van der Waals surface area contributed by atoms with E-state index < -0.39 is 8.38 Å². The summed E-state index contributed by atoms with van der Waals surface area (Å²) < 4.78 is 13.9. The van der Waals surface area contributed by atoms with E-state index in [-0.39, 0.29) is 11.7 Å². The van der Waals surface area contributed by atoms with Gasteiger partial charge in [-0.1, -0.05) is 66.7 Å². The Labute approximate surface area is 197 Å². The average Bonchev–Trinajstić information content (AvgIpc) is 2.79. The number of hydrogen-bond acceptors (Lipinski definition) is 3. The Bertz CT molecular complexity index is 1050. The van der Waals surface area contributed by atoms with Gasteiger partial charge in [0.1, 0.15) is 5.82 Å². The van der Waals surface area contributed by atoms with Crippen molar-refractivity contribution in [2.24, 2.45) is 0 Å². The molecule has 3 nitrogen and oxygen atoms in total. The lowest BCUT2D eigenvalue weighted by atomic mass is 9.90. The molecule has 1 atom stereocenters. The molecule has 0 aliphatic heterocycles. The van der Waals surface area contributed by atoms with Crippen molar-refractivity contribution >= 4 is 14.5 Å². The standard InChI is InChI=1S/C28H33FNO2P/c1-21-7-8-25(17-22(21)2)18-27(26-5-3-6-28(29)19-26)14-13-23-9-11-24(12-10-23)20-30-15-4-16-33(31)32/h3,5-14,17,19,27,30-32H,4,15-16,18,20H2,1-2H3/b14-13+. The molecule has 3 rings (SSSR count). The highest BCUT2D eigenvalue weighted by Gasteiger charge is 2.11. The number of aryl methyl sites for hydroxylation is 2. The fourth-order valence-corrected chi connectivity index (χ4v) is 4.21. The van der Waals surface area contributed by atoms with Crippen LogP contribution in [0.3, 0.4) is 0 Å². The van der Waals surface area contributed by atoms with E-state index in [0.29, 0.717) is 6.16 Å². The van der Waals surface area contributed by atoms with Crippen LogP contribution in [0.5, 0.6) is 0 Å². The maximum absolute atomic E-state index is 13.9. The molecule has 1 unspecified atom stereocenters. The zero-order valence-electron chi connectivity index (χ0n) is 19.3. The first-order chi connectivity index (χ1) is 15.9. The van der Waals surface area contributed by atoms with Gasteiger partial charge in [-0.25, -0.2) is 4.39 Å². The molecule has 3 aromatic carbocycles. The lowest BCUT2D eigenvalue weighted by Gasteiger charge is -2.15. The van der Waals surface area contributed by atoms with E-state index in [0.717, 1.165) is 37.1 Å². The average molecular weight is 466 g/mol. The summed E-state index contributed by atoms with van der Waals surface area (Å²) in [6.07, 6.45) is 6.28. The third-order valence-electron chi connectivity index (χ3n) is 5.85. The molecule has 3 aromatic rings. The van der Waals surface area contributed by atoms with Crippen LogP contribution in [-0.4, -0.2) is 22.5 Å². The molecule has 33 heavy (non-hydrogen) atoms. The van der Waals surface area contributed by atoms with Gasteiger partial charge in [-0.05, 0) is 78.7 Å². The Morgan fingerprint density at radius 3 is 2.39 bits per heavy atom.